The van der Waals surface area contributed by atoms with Crippen molar-refractivity contribution in [2.75, 3.05) is 19.7 Å². The summed E-state index contributed by atoms with van der Waals surface area (Å²) in [6.07, 6.45) is 3.57. The quantitative estimate of drug-likeness (QED) is 0.569. The Bertz CT molecular complexity index is 472. The second kappa shape index (κ2) is 4.58. The van der Waals surface area contributed by atoms with Crippen LogP contribution in [0.4, 0.5) is 0 Å². The van der Waals surface area contributed by atoms with E-state index in [0.717, 1.165) is 0 Å². The fourth-order valence-corrected chi connectivity index (χ4v) is 3.68. The summed E-state index contributed by atoms with van der Waals surface area (Å²) in [6, 6.07) is 0. The SMILES string of the molecule is CCOC(=O)[C@H]1[C@H]2C=C[C@@]3(CN(CC(C)C)C(=O)[C@@H]13)O2. The number of fused-ring (bicyclic) bond motifs is 1. The minimum atomic E-state index is -0.603. The van der Waals surface area contributed by atoms with Gasteiger partial charge in [-0.15, -0.1) is 0 Å². The van der Waals surface area contributed by atoms with Gasteiger partial charge in [0.1, 0.15) is 11.5 Å². The number of hydrogen-bond donors (Lipinski definition) is 0. The van der Waals surface area contributed by atoms with Crippen LogP contribution < -0.4 is 0 Å². The molecule has 0 aromatic heterocycles. The van der Waals surface area contributed by atoms with Gasteiger partial charge >= 0.3 is 5.97 Å². The number of carbonyl (C=O) groups excluding carboxylic acids is 2. The molecule has 20 heavy (non-hydrogen) atoms. The largest absolute Gasteiger partial charge is 0.466 e. The van der Waals surface area contributed by atoms with Gasteiger partial charge in [-0.05, 0) is 12.8 Å². The summed E-state index contributed by atoms with van der Waals surface area (Å²) in [7, 11) is 0. The Labute approximate surface area is 118 Å². The lowest BCUT2D eigenvalue weighted by atomic mass is 9.77. The predicted octanol–water partition coefficient (Wildman–Crippen LogP) is 0.987. The summed E-state index contributed by atoms with van der Waals surface area (Å²) in [5.41, 5.74) is -0.603. The topological polar surface area (TPSA) is 55.8 Å². The Morgan fingerprint density at radius 2 is 2.35 bits per heavy atom. The maximum atomic E-state index is 12.6. The van der Waals surface area contributed by atoms with E-state index in [4.69, 9.17) is 9.47 Å². The van der Waals surface area contributed by atoms with E-state index < -0.39 is 17.4 Å². The van der Waals surface area contributed by atoms with Crippen LogP contribution in [0, 0.1) is 17.8 Å². The fraction of sp³-hybridized carbons (Fsp3) is 0.733. The minimum Gasteiger partial charge on any atom is -0.466 e. The molecule has 0 unspecified atom stereocenters. The van der Waals surface area contributed by atoms with Gasteiger partial charge < -0.3 is 14.4 Å². The second-order valence-electron chi connectivity index (χ2n) is 6.26. The van der Waals surface area contributed by atoms with Crippen LogP contribution in [0.25, 0.3) is 0 Å². The first-order valence-corrected chi connectivity index (χ1v) is 7.31. The molecule has 3 aliphatic heterocycles. The number of likely N-dealkylation sites (tertiary alicyclic amines) is 1. The molecule has 0 aromatic carbocycles. The first-order valence-electron chi connectivity index (χ1n) is 7.31. The third-order valence-corrected chi connectivity index (χ3v) is 4.32. The van der Waals surface area contributed by atoms with Crippen LogP contribution in [0.15, 0.2) is 12.2 Å². The van der Waals surface area contributed by atoms with Crippen molar-refractivity contribution in [3.05, 3.63) is 12.2 Å². The molecule has 0 N–H and O–H groups in total. The highest BCUT2D eigenvalue weighted by Crippen LogP contribution is 2.52. The average Bonchev–Trinajstić information content (AvgIpc) is 2.98. The molecule has 0 aromatic rings. The number of hydrogen-bond acceptors (Lipinski definition) is 4. The molecule has 5 heteroatoms. The lowest BCUT2D eigenvalue weighted by Gasteiger charge is -2.22. The molecular weight excluding hydrogens is 258 g/mol. The van der Waals surface area contributed by atoms with Crippen LogP contribution in [0.1, 0.15) is 20.8 Å². The zero-order valence-electron chi connectivity index (χ0n) is 12.2. The van der Waals surface area contributed by atoms with E-state index >= 15 is 0 Å². The van der Waals surface area contributed by atoms with E-state index in [1.54, 1.807) is 6.92 Å². The molecule has 2 saturated heterocycles. The Morgan fingerprint density at radius 1 is 1.60 bits per heavy atom. The summed E-state index contributed by atoms with van der Waals surface area (Å²) in [5, 5.41) is 0. The van der Waals surface area contributed by atoms with Crippen molar-refractivity contribution in [2.45, 2.75) is 32.5 Å². The van der Waals surface area contributed by atoms with Crippen LogP contribution in [0.5, 0.6) is 0 Å². The Balaban J connectivity index is 1.87. The Kier molecular flexibility index (Phi) is 3.12. The molecule has 110 valence electrons. The molecule has 3 aliphatic rings. The van der Waals surface area contributed by atoms with Gasteiger partial charge in [0.2, 0.25) is 5.91 Å². The predicted molar refractivity (Wildman–Crippen MR) is 71.8 cm³/mol. The van der Waals surface area contributed by atoms with Crippen LogP contribution in [-0.2, 0) is 19.1 Å². The molecule has 3 heterocycles. The van der Waals surface area contributed by atoms with Crippen molar-refractivity contribution in [1.29, 1.82) is 0 Å². The molecule has 1 spiro atoms. The average molecular weight is 279 g/mol. The number of rotatable bonds is 4. The van der Waals surface area contributed by atoms with Crippen molar-refractivity contribution in [3.63, 3.8) is 0 Å². The number of esters is 1. The van der Waals surface area contributed by atoms with Crippen molar-refractivity contribution in [1.82, 2.24) is 4.90 Å². The van der Waals surface area contributed by atoms with Gasteiger partial charge in [-0.25, -0.2) is 0 Å². The monoisotopic (exact) mass is 279 g/mol. The van der Waals surface area contributed by atoms with Gasteiger partial charge in [0.25, 0.3) is 0 Å². The highest BCUT2D eigenvalue weighted by atomic mass is 16.6. The summed E-state index contributed by atoms with van der Waals surface area (Å²) >= 11 is 0. The van der Waals surface area contributed by atoms with Crippen molar-refractivity contribution in [2.24, 2.45) is 17.8 Å². The molecule has 5 nitrogen and oxygen atoms in total. The van der Waals surface area contributed by atoms with Gasteiger partial charge in [-0.3, -0.25) is 9.59 Å². The molecule has 1 amide bonds. The van der Waals surface area contributed by atoms with E-state index in [1.807, 2.05) is 17.1 Å². The lowest BCUT2D eigenvalue weighted by molar-refractivity contribution is -0.153. The molecule has 0 radical (unpaired) electrons. The smallest absolute Gasteiger partial charge is 0.312 e. The maximum absolute atomic E-state index is 12.6. The molecule has 3 rings (SSSR count). The van der Waals surface area contributed by atoms with E-state index in [9.17, 15) is 9.59 Å². The third kappa shape index (κ3) is 1.79. The normalized spacial score (nSPS) is 37.9. The van der Waals surface area contributed by atoms with E-state index in [2.05, 4.69) is 13.8 Å². The number of nitrogens with zero attached hydrogens (tertiary/aromatic N) is 1. The minimum absolute atomic E-state index is 0.0311. The van der Waals surface area contributed by atoms with Crippen LogP contribution in [0.3, 0.4) is 0 Å². The first kappa shape index (κ1) is 13.6. The van der Waals surface area contributed by atoms with Crippen LogP contribution in [-0.4, -0.2) is 48.2 Å². The zero-order valence-corrected chi connectivity index (χ0v) is 12.2. The summed E-state index contributed by atoms with van der Waals surface area (Å²) < 4.78 is 11.1. The third-order valence-electron chi connectivity index (χ3n) is 4.32. The Hall–Kier alpha value is -1.36. The summed E-state index contributed by atoms with van der Waals surface area (Å²) in [5.74, 6) is -0.770. The summed E-state index contributed by atoms with van der Waals surface area (Å²) in [4.78, 5) is 26.6. The highest BCUT2D eigenvalue weighted by molar-refractivity contribution is 5.91. The summed E-state index contributed by atoms with van der Waals surface area (Å²) in [6.45, 7) is 7.52. The molecule has 2 bridgehead atoms. The molecule has 2 fully saturated rings. The number of carbonyl (C=O) groups is 2. The number of ether oxygens (including phenoxy) is 2. The molecule has 0 aliphatic carbocycles. The highest BCUT2D eigenvalue weighted by Gasteiger charge is 2.67. The van der Waals surface area contributed by atoms with Crippen molar-refractivity contribution < 1.29 is 19.1 Å². The first-order chi connectivity index (χ1) is 9.48. The van der Waals surface area contributed by atoms with E-state index in [1.165, 1.54) is 0 Å². The van der Waals surface area contributed by atoms with Gasteiger partial charge in [-0.1, -0.05) is 26.0 Å². The molecule has 4 atom stereocenters. The van der Waals surface area contributed by atoms with Crippen molar-refractivity contribution >= 4 is 11.9 Å². The van der Waals surface area contributed by atoms with Gasteiger partial charge in [0.15, 0.2) is 0 Å². The van der Waals surface area contributed by atoms with Gasteiger partial charge in [-0.2, -0.15) is 0 Å². The molecule has 0 saturated carbocycles. The van der Waals surface area contributed by atoms with Crippen molar-refractivity contribution in [3.8, 4) is 0 Å². The fourth-order valence-electron chi connectivity index (χ4n) is 3.68. The van der Waals surface area contributed by atoms with Gasteiger partial charge in [0.05, 0.1) is 25.2 Å². The standard InChI is InChI=1S/C15H21NO4/c1-4-19-14(18)11-10-5-6-15(20-10)8-16(7-9(2)3)13(17)12(11)15/h5-6,9-12H,4,7-8H2,1-3H3/t10-,11+,12-,15+/m1/s1. The lowest BCUT2D eigenvalue weighted by Crippen LogP contribution is -2.40. The maximum Gasteiger partial charge on any atom is 0.312 e. The zero-order chi connectivity index (χ0) is 14.5. The number of amides is 1. The molecular formula is C15H21NO4. The van der Waals surface area contributed by atoms with E-state index in [-0.39, 0.29) is 18.0 Å². The van der Waals surface area contributed by atoms with Crippen LogP contribution in [0.2, 0.25) is 0 Å². The van der Waals surface area contributed by atoms with Crippen LogP contribution >= 0.6 is 0 Å². The van der Waals surface area contributed by atoms with E-state index in [0.29, 0.717) is 25.6 Å². The second-order valence-corrected chi connectivity index (χ2v) is 6.26. The Morgan fingerprint density at radius 3 is 3.00 bits per heavy atom. The van der Waals surface area contributed by atoms with Gasteiger partial charge in [0, 0.05) is 6.54 Å².